The molecule has 0 fully saturated rings. The van der Waals surface area contributed by atoms with Gasteiger partial charge in [-0.1, -0.05) is 0 Å². The average molecular weight is 447 g/mol. The van der Waals surface area contributed by atoms with Gasteiger partial charge in [-0.25, -0.2) is 8.42 Å². The van der Waals surface area contributed by atoms with Crippen molar-refractivity contribution in [3.8, 4) is 17.2 Å². The molecule has 0 saturated carbocycles. The Balaban J connectivity index is 1.70. The third-order valence-corrected chi connectivity index (χ3v) is 7.88. The number of carbonyl (C=O) groups is 1. The van der Waals surface area contributed by atoms with Gasteiger partial charge in [0.15, 0.2) is 11.5 Å². The van der Waals surface area contributed by atoms with Crippen LogP contribution < -0.4 is 19.1 Å². The summed E-state index contributed by atoms with van der Waals surface area (Å²) < 4.78 is 45.0. The minimum atomic E-state index is -3.78. The minimum absolute atomic E-state index is 0.106. The largest absolute Gasteiger partial charge is 0.493 e. The maximum atomic E-state index is 13.5. The second-order valence-electron chi connectivity index (χ2n) is 7.60. The van der Waals surface area contributed by atoms with Crippen LogP contribution in [0.5, 0.6) is 17.2 Å². The molecule has 4 rings (SSSR count). The van der Waals surface area contributed by atoms with Gasteiger partial charge in [-0.3, -0.25) is 4.79 Å². The monoisotopic (exact) mass is 446 g/mol. The molecule has 1 atom stereocenters. The van der Waals surface area contributed by atoms with Crippen LogP contribution in [0.25, 0.3) is 0 Å². The van der Waals surface area contributed by atoms with Crippen molar-refractivity contribution in [2.45, 2.75) is 31.2 Å². The molecule has 0 spiro atoms. The van der Waals surface area contributed by atoms with Crippen molar-refractivity contribution >= 4 is 21.6 Å². The molecule has 0 N–H and O–H groups in total. The highest BCUT2D eigenvalue weighted by Gasteiger charge is 2.35. The molecular formula is C22H26N2O6S. The van der Waals surface area contributed by atoms with Crippen molar-refractivity contribution in [3.63, 3.8) is 0 Å². The summed E-state index contributed by atoms with van der Waals surface area (Å²) in [6, 6.07) is 8.07. The standard InChI is InChI=1S/C22H26N2O6S/c1-14-18-13-22(29-4)21(28-3)11-16(18)7-8-24(14)31(26,27)17-5-6-19-20(12-17)30-10-9-23(19)15(2)25/h5-6,11-14H,7-10H2,1-4H3. The number of anilines is 1. The number of methoxy groups -OCH3 is 2. The summed E-state index contributed by atoms with van der Waals surface area (Å²) in [6.07, 6.45) is 0.568. The Morgan fingerprint density at radius 2 is 1.81 bits per heavy atom. The molecule has 0 radical (unpaired) electrons. The SMILES string of the molecule is COc1cc2c(cc1OC)C(C)N(S(=O)(=O)c1ccc3c(c1)OCCN3C(C)=O)CC2. The van der Waals surface area contributed by atoms with Crippen LogP contribution in [-0.4, -0.2) is 52.5 Å². The minimum Gasteiger partial charge on any atom is -0.493 e. The highest BCUT2D eigenvalue weighted by molar-refractivity contribution is 7.89. The molecule has 9 heteroatoms. The second kappa shape index (κ2) is 8.05. The number of ether oxygens (including phenoxy) is 3. The Kier molecular flexibility index (Phi) is 5.57. The molecule has 1 unspecified atom stereocenters. The molecule has 1 amide bonds. The third kappa shape index (κ3) is 3.61. The zero-order chi connectivity index (χ0) is 22.3. The number of fused-ring (bicyclic) bond motifs is 2. The van der Waals surface area contributed by atoms with Gasteiger partial charge in [0.25, 0.3) is 0 Å². The normalized spacial score (nSPS) is 18.6. The summed E-state index contributed by atoms with van der Waals surface area (Å²) in [6.45, 7) is 4.47. The highest BCUT2D eigenvalue weighted by atomic mass is 32.2. The lowest BCUT2D eigenvalue weighted by Crippen LogP contribution is -2.39. The molecule has 31 heavy (non-hydrogen) atoms. The van der Waals surface area contributed by atoms with E-state index in [9.17, 15) is 13.2 Å². The van der Waals surface area contributed by atoms with E-state index >= 15 is 0 Å². The van der Waals surface area contributed by atoms with E-state index in [1.165, 1.54) is 23.4 Å². The van der Waals surface area contributed by atoms with Crippen molar-refractivity contribution in [2.75, 3.05) is 38.8 Å². The number of rotatable bonds is 4. The number of benzene rings is 2. The van der Waals surface area contributed by atoms with Crippen molar-refractivity contribution in [1.82, 2.24) is 4.31 Å². The quantitative estimate of drug-likeness (QED) is 0.718. The van der Waals surface area contributed by atoms with Crippen LogP contribution in [0.1, 0.15) is 31.0 Å². The predicted molar refractivity (Wildman–Crippen MR) is 116 cm³/mol. The summed E-state index contributed by atoms with van der Waals surface area (Å²) in [5, 5.41) is 0. The van der Waals surface area contributed by atoms with E-state index < -0.39 is 10.0 Å². The molecule has 0 bridgehead atoms. The van der Waals surface area contributed by atoms with Crippen molar-refractivity contribution in [3.05, 3.63) is 41.5 Å². The first-order valence-electron chi connectivity index (χ1n) is 10.1. The van der Waals surface area contributed by atoms with Crippen LogP contribution in [0.4, 0.5) is 5.69 Å². The molecule has 0 saturated heterocycles. The van der Waals surface area contributed by atoms with Crippen LogP contribution in [0.2, 0.25) is 0 Å². The lowest BCUT2D eigenvalue weighted by atomic mass is 9.94. The van der Waals surface area contributed by atoms with Gasteiger partial charge < -0.3 is 19.1 Å². The van der Waals surface area contributed by atoms with E-state index in [1.54, 1.807) is 25.2 Å². The lowest BCUT2D eigenvalue weighted by molar-refractivity contribution is -0.116. The van der Waals surface area contributed by atoms with Crippen LogP contribution in [0, 0.1) is 0 Å². The van der Waals surface area contributed by atoms with E-state index in [1.807, 2.05) is 19.1 Å². The van der Waals surface area contributed by atoms with Gasteiger partial charge in [0.05, 0.1) is 31.3 Å². The van der Waals surface area contributed by atoms with E-state index in [0.29, 0.717) is 49.1 Å². The Labute approximate surface area is 182 Å². The Bertz CT molecular complexity index is 1130. The Hall–Kier alpha value is -2.78. The van der Waals surface area contributed by atoms with E-state index in [2.05, 4.69) is 0 Å². The van der Waals surface area contributed by atoms with Crippen LogP contribution in [-0.2, 0) is 21.2 Å². The molecule has 2 aromatic rings. The van der Waals surface area contributed by atoms with E-state index in [0.717, 1.165) is 11.1 Å². The second-order valence-corrected chi connectivity index (χ2v) is 9.49. The first-order chi connectivity index (χ1) is 14.8. The summed E-state index contributed by atoms with van der Waals surface area (Å²) >= 11 is 0. The zero-order valence-corrected chi connectivity index (χ0v) is 18.9. The Morgan fingerprint density at radius 3 is 2.48 bits per heavy atom. The molecular weight excluding hydrogens is 420 g/mol. The number of sulfonamides is 1. The van der Waals surface area contributed by atoms with E-state index in [-0.39, 0.29) is 16.8 Å². The number of hydrogen-bond acceptors (Lipinski definition) is 6. The van der Waals surface area contributed by atoms with Crippen LogP contribution >= 0.6 is 0 Å². The topological polar surface area (TPSA) is 85.4 Å². The van der Waals surface area contributed by atoms with Crippen molar-refractivity contribution in [1.29, 1.82) is 0 Å². The number of hydrogen-bond donors (Lipinski definition) is 0. The summed E-state index contributed by atoms with van der Waals surface area (Å²) in [7, 11) is -0.641. The first kappa shape index (κ1) is 21.5. The van der Waals surface area contributed by atoms with Gasteiger partial charge in [0.1, 0.15) is 12.4 Å². The fourth-order valence-corrected chi connectivity index (χ4v) is 5.90. The molecule has 2 aliphatic rings. The summed E-state index contributed by atoms with van der Waals surface area (Å²) in [5.41, 5.74) is 2.53. The zero-order valence-electron chi connectivity index (χ0n) is 18.0. The maximum Gasteiger partial charge on any atom is 0.243 e. The van der Waals surface area contributed by atoms with Crippen LogP contribution in [0.3, 0.4) is 0 Å². The fraction of sp³-hybridized carbons (Fsp3) is 0.409. The van der Waals surface area contributed by atoms with Crippen LogP contribution in [0.15, 0.2) is 35.2 Å². The van der Waals surface area contributed by atoms with Gasteiger partial charge in [-0.15, -0.1) is 0 Å². The van der Waals surface area contributed by atoms with Crippen molar-refractivity contribution in [2.24, 2.45) is 0 Å². The van der Waals surface area contributed by atoms with Crippen molar-refractivity contribution < 1.29 is 27.4 Å². The molecule has 8 nitrogen and oxygen atoms in total. The molecule has 166 valence electrons. The highest BCUT2D eigenvalue weighted by Crippen LogP contribution is 2.41. The predicted octanol–water partition coefficient (Wildman–Crippen LogP) is 2.76. The summed E-state index contributed by atoms with van der Waals surface area (Å²) in [5.74, 6) is 1.50. The molecule has 2 aliphatic heterocycles. The molecule has 0 aromatic heterocycles. The average Bonchev–Trinajstić information content (AvgIpc) is 2.77. The van der Waals surface area contributed by atoms with Gasteiger partial charge in [-0.2, -0.15) is 4.31 Å². The number of carbonyl (C=O) groups excluding carboxylic acids is 1. The third-order valence-electron chi connectivity index (χ3n) is 5.91. The molecule has 0 aliphatic carbocycles. The van der Waals surface area contributed by atoms with Gasteiger partial charge >= 0.3 is 0 Å². The molecule has 2 heterocycles. The molecule has 2 aromatic carbocycles. The maximum absolute atomic E-state index is 13.5. The lowest BCUT2D eigenvalue weighted by Gasteiger charge is -2.35. The van der Waals surface area contributed by atoms with Gasteiger partial charge in [0, 0.05) is 25.6 Å². The number of nitrogens with zero attached hydrogens (tertiary/aromatic N) is 2. The van der Waals surface area contributed by atoms with Gasteiger partial charge in [0.2, 0.25) is 15.9 Å². The van der Waals surface area contributed by atoms with E-state index in [4.69, 9.17) is 14.2 Å². The van der Waals surface area contributed by atoms with Gasteiger partial charge in [-0.05, 0) is 48.7 Å². The number of amides is 1. The first-order valence-corrected chi connectivity index (χ1v) is 11.5. The summed E-state index contributed by atoms with van der Waals surface area (Å²) in [4.78, 5) is 13.6. The smallest absolute Gasteiger partial charge is 0.243 e. The fourth-order valence-electron chi connectivity index (χ4n) is 4.27. The Morgan fingerprint density at radius 1 is 1.10 bits per heavy atom.